The quantitative estimate of drug-likeness (QED) is 0.184. The zero-order chi connectivity index (χ0) is 22.7. The van der Waals surface area contributed by atoms with Crippen molar-refractivity contribution in [2.45, 2.75) is 71.6 Å². The summed E-state index contributed by atoms with van der Waals surface area (Å²) in [5.74, 6) is 2.23. The summed E-state index contributed by atoms with van der Waals surface area (Å²) in [6, 6.07) is 7.88. The smallest absolute Gasteiger partial charge is 0.159 e. The molecule has 0 radical (unpaired) electrons. The maximum atomic E-state index is 5.76. The van der Waals surface area contributed by atoms with Crippen molar-refractivity contribution in [2.75, 3.05) is 26.4 Å². The number of rotatable bonds is 18. The molecular formula is C27H40N2O3. The highest BCUT2D eigenvalue weighted by molar-refractivity contribution is 5.56. The summed E-state index contributed by atoms with van der Waals surface area (Å²) in [4.78, 5) is 8.87. The molecule has 0 saturated heterocycles. The second-order valence-electron chi connectivity index (χ2n) is 7.92. The molecule has 0 N–H and O–H groups in total. The monoisotopic (exact) mass is 440 g/mol. The summed E-state index contributed by atoms with van der Waals surface area (Å²) < 4.78 is 17.1. The Labute approximate surface area is 194 Å². The second-order valence-corrected chi connectivity index (χ2v) is 7.92. The number of hydrogen-bond donors (Lipinski definition) is 0. The van der Waals surface area contributed by atoms with Gasteiger partial charge >= 0.3 is 0 Å². The zero-order valence-corrected chi connectivity index (χ0v) is 19.9. The molecule has 1 aromatic heterocycles. The van der Waals surface area contributed by atoms with E-state index in [-0.39, 0.29) is 0 Å². The molecule has 0 amide bonds. The Hall–Kier alpha value is -2.40. The molecule has 32 heavy (non-hydrogen) atoms. The number of hydrogen-bond acceptors (Lipinski definition) is 5. The molecule has 5 nitrogen and oxygen atoms in total. The molecular weight excluding hydrogens is 400 g/mol. The van der Waals surface area contributed by atoms with Crippen LogP contribution in [-0.2, 0) is 4.74 Å². The number of benzene rings is 1. The predicted molar refractivity (Wildman–Crippen MR) is 131 cm³/mol. The lowest BCUT2D eigenvalue weighted by Gasteiger charge is -2.07. The van der Waals surface area contributed by atoms with Crippen molar-refractivity contribution < 1.29 is 14.2 Å². The van der Waals surface area contributed by atoms with E-state index in [2.05, 4.69) is 36.0 Å². The Morgan fingerprint density at radius 2 is 1.34 bits per heavy atom. The summed E-state index contributed by atoms with van der Waals surface area (Å²) in [5.41, 5.74) is 0.958. The average Bonchev–Trinajstić information content (AvgIpc) is 2.83. The molecule has 0 aliphatic carbocycles. The van der Waals surface area contributed by atoms with E-state index in [1.807, 2.05) is 24.3 Å². The molecule has 5 heteroatoms. The normalized spacial score (nSPS) is 11.2. The number of ether oxygens (including phenoxy) is 3. The van der Waals surface area contributed by atoms with Crippen LogP contribution in [-0.4, -0.2) is 36.4 Å². The Bertz CT molecular complexity index is 730. The van der Waals surface area contributed by atoms with Gasteiger partial charge in [-0.05, 0) is 56.4 Å². The highest BCUT2D eigenvalue weighted by Gasteiger charge is 2.03. The van der Waals surface area contributed by atoms with Crippen LogP contribution in [0.1, 0.15) is 71.6 Å². The molecule has 1 aromatic carbocycles. The van der Waals surface area contributed by atoms with Gasteiger partial charge in [-0.1, -0.05) is 51.7 Å². The van der Waals surface area contributed by atoms with Gasteiger partial charge in [0.2, 0.25) is 0 Å². The Morgan fingerprint density at radius 1 is 0.688 bits per heavy atom. The summed E-state index contributed by atoms with van der Waals surface area (Å²) in [7, 11) is 0. The third-order valence-corrected chi connectivity index (χ3v) is 5.07. The molecule has 0 atom stereocenters. The summed E-state index contributed by atoms with van der Waals surface area (Å²) in [5, 5.41) is 0. The maximum Gasteiger partial charge on any atom is 0.159 e. The third-order valence-electron chi connectivity index (χ3n) is 5.07. The van der Waals surface area contributed by atoms with E-state index in [1.54, 1.807) is 12.4 Å². The largest absolute Gasteiger partial charge is 0.490 e. The second kappa shape index (κ2) is 17.2. The first-order chi connectivity index (χ1) is 15.8. The lowest BCUT2D eigenvalue weighted by Crippen LogP contribution is -2.02. The molecule has 2 rings (SSSR count). The molecule has 0 bridgehead atoms. The molecule has 0 unspecified atom stereocenters. The van der Waals surface area contributed by atoms with Crippen LogP contribution in [0.25, 0.3) is 11.4 Å². The van der Waals surface area contributed by atoms with Crippen LogP contribution in [0.2, 0.25) is 0 Å². The molecule has 0 spiro atoms. The highest BCUT2D eigenvalue weighted by atomic mass is 16.5. The van der Waals surface area contributed by atoms with Gasteiger partial charge in [-0.2, -0.15) is 0 Å². The average molecular weight is 441 g/mol. The first kappa shape index (κ1) is 25.9. The van der Waals surface area contributed by atoms with Crippen molar-refractivity contribution in [3.8, 4) is 22.9 Å². The van der Waals surface area contributed by atoms with Crippen LogP contribution in [0.3, 0.4) is 0 Å². The van der Waals surface area contributed by atoms with Crippen LogP contribution >= 0.6 is 0 Å². The van der Waals surface area contributed by atoms with E-state index in [4.69, 9.17) is 14.2 Å². The number of nitrogens with zero attached hydrogens (tertiary/aromatic N) is 2. The van der Waals surface area contributed by atoms with Gasteiger partial charge in [0, 0.05) is 18.8 Å². The Kier molecular flexibility index (Phi) is 13.9. The van der Waals surface area contributed by atoms with E-state index in [0.29, 0.717) is 24.8 Å². The Balaban J connectivity index is 1.63. The molecule has 0 aliphatic heterocycles. The van der Waals surface area contributed by atoms with Crippen molar-refractivity contribution in [1.82, 2.24) is 9.97 Å². The first-order valence-corrected chi connectivity index (χ1v) is 12.2. The van der Waals surface area contributed by atoms with Crippen LogP contribution in [0.5, 0.6) is 11.5 Å². The van der Waals surface area contributed by atoms with Gasteiger partial charge in [0.15, 0.2) is 11.6 Å². The number of aromatic nitrogens is 2. The summed E-state index contributed by atoms with van der Waals surface area (Å²) in [6.07, 6.45) is 18.3. The lowest BCUT2D eigenvalue weighted by atomic mass is 10.2. The molecule has 0 fully saturated rings. The maximum absolute atomic E-state index is 5.76. The van der Waals surface area contributed by atoms with Gasteiger partial charge in [-0.15, -0.1) is 0 Å². The van der Waals surface area contributed by atoms with E-state index < -0.39 is 0 Å². The van der Waals surface area contributed by atoms with Gasteiger partial charge in [0.25, 0.3) is 0 Å². The number of allylic oxidation sites excluding steroid dienone is 1. The van der Waals surface area contributed by atoms with Crippen molar-refractivity contribution in [1.29, 1.82) is 0 Å². The van der Waals surface area contributed by atoms with Gasteiger partial charge in [-0.3, -0.25) is 0 Å². The van der Waals surface area contributed by atoms with E-state index in [0.717, 1.165) is 50.2 Å². The predicted octanol–water partition coefficient (Wildman–Crippen LogP) is 7.02. The van der Waals surface area contributed by atoms with Gasteiger partial charge < -0.3 is 14.2 Å². The fourth-order valence-corrected chi connectivity index (χ4v) is 3.13. The molecule has 176 valence electrons. The van der Waals surface area contributed by atoms with E-state index >= 15 is 0 Å². The van der Waals surface area contributed by atoms with Crippen molar-refractivity contribution in [3.05, 3.63) is 48.8 Å². The fraction of sp³-hybridized carbons (Fsp3) is 0.556. The highest BCUT2D eigenvalue weighted by Crippen LogP contribution is 2.20. The van der Waals surface area contributed by atoms with Gasteiger partial charge in [0.05, 0.1) is 19.0 Å². The molecule has 1 heterocycles. The summed E-state index contributed by atoms with van der Waals surface area (Å²) >= 11 is 0. The first-order valence-electron chi connectivity index (χ1n) is 12.2. The minimum absolute atomic E-state index is 0.596. The third kappa shape index (κ3) is 11.3. The SMILES string of the molecule is CCCCC/C=C/COc1ccc(-c2ncc(OCCCCOCCCCC)cn2)cc1. The Morgan fingerprint density at radius 3 is 2.06 bits per heavy atom. The van der Waals surface area contributed by atoms with Crippen molar-refractivity contribution in [3.63, 3.8) is 0 Å². The van der Waals surface area contributed by atoms with Gasteiger partial charge in [0.1, 0.15) is 12.4 Å². The van der Waals surface area contributed by atoms with Crippen LogP contribution in [0.4, 0.5) is 0 Å². The zero-order valence-electron chi connectivity index (χ0n) is 19.9. The topological polar surface area (TPSA) is 53.5 Å². The van der Waals surface area contributed by atoms with Crippen LogP contribution in [0, 0.1) is 0 Å². The fourth-order valence-electron chi connectivity index (χ4n) is 3.13. The van der Waals surface area contributed by atoms with Crippen LogP contribution < -0.4 is 9.47 Å². The molecule has 0 saturated carbocycles. The molecule has 2 aromatic rings. The number of unbranched alkanes of at least 4 members (excludes halogenated alkanes) is 6. The standard InChI is InChI=1S/C27H40N2O3/c1-3-5-7-8-9-11-20-31-25-16-14-24(15-17-25)27-28-22-26(23-29-27)32-21-13-12-19-30-18-10-6-4-2/h9,11,14-17,22-23H,3-8,10,12-13,18-21H2,1-2H3/b11-9+. The van der Waals surface area contributed by atoms with E-state index in [1.165, 1.54) is 32.1 Å². The van der Waals surface area contributed by atoms with Gasteiger partial charge in [-0.25, -0.2) is 9.97 Å². The van der Waals surface area contributed by atoms with Crippen LogP contribution in [0.15, 0.2) is 48.8 Å². The lowest BCUT2D eigenvalue weighted by molar-refractivity contribution is 0.122. The van der Waals surface area contributed by atoms with Crippen molar-refractivity contribution >= 4 is 0 Å². The summed E-state index contributed by atoms with van der Waals surface area (Å²) in [6.45, 7) is 7.34. The van der Waals surface area contributed by atoms with Crippen molar-refractivity contribution in [2.24, 2.45) is 0 Å². The molecule has 0 aliphatic rings. The minimum Gasteiger partial charge on any atom is -0.490 e. The minimum atomic E-state index is 0.596. The van der Waals surface area contributed by atoms with E-state index in [9.17, 15) is 0 Å².